The Bertz CT molecular complexity index is 426. The van der Waals surface area contributed by atoms with E-state index in [0.717, 1.165) is 25.7 Å². The molecule has 2 N–H and O–H groups in total. The van der Waals surface area contributed by atoms with E-state index in [4.69, 9.17) is 0 Å². The first-order valence-corrected chi connectivity index (χ1v) is 7.96. The van der Waals surface area contributed by atoms with Crippen molar-refractivity contribution in [2.24, 2.45) is 0 Å². The van der Waals surface area contributed by atoms with Crippen molar-refractivity contribution in [3.63, 3.8) is 0 Å². The van der Waals surface area contributed by atoms with Crippen LogP contribution in [0.1, 0.15) is 58.8 Å². The number of carbonyl (C=O) groups is 3. The van der Waals surface area contributed by atoms with E-state index in [1.54, 1.807) is 0 Å². The van der Waals surface area contributed by atoms with Crippen molar-refractivity contribution < 1.29 is 14.4 Å². The number of nitrogens with zero attached hydrogens (tertiary/aromatic N) is 1. The summed E-state index contributed by atoms with van der Waals surface area (Å²) in [4.78, 5) is 37.6. The fourth-order valence-corrected chi connectivity index (χ4v) is 3.44. The molecule has 0 atom stereocenters. The molecule has 4 amide bonds. The molecule has 2 aliphatic rings. The predicted molar refractivity (Wildman–Crippen MR) is 78.6 cm³/mol. The highest BCUT2D eigenvalue weighted by atomic mass is 16.2. The number of urea groups is 1. The van der Waals surface area contributed by atoms with Gasteiger partial charge in [-0.15, -0.1) is 0 Å². The molecule has 1 saturated carbocycles. The fraction of sp³-hybridized carbons (Fsp3) is 0.800. The molecule has 2 rings (SSSR count). The second-order valence-electron chi connectivity index (χ2n) is 5.99. The highest BCUT2D eigenvalue weighted by Gasteiger charge is 2.50. The van der Waals surface area contributed by atoms with E-state index in [0.29, 0.717) is 12.8 Å². The minimum atomic E-state index is -0.874. The van der Waals surface area contributed by atoms with Crippen molar-refractivity contribution in [1.82, 2.24) is 15.5 Å². The van der Waals surface area contributed by atoms with Crippen molar-refractivity contribution in [2.45, 2.75) is 70.4 Å². The third-order valence-electron chi connectivity index (χ3n) is 4.85. The van der Waals surface area contributed by atoms with Crippen molar-refractivity contribution >= 4 is 17.8 Å². The van der Waals surface area contributed by atoms with Crippen LogP contribution in [0.4, 0.5) is 4.79 Å². The molecule has 0 radical (unpaired) electrons. The van der Waals surface area contributed by atoms with Crippen molar-refractivity contribution in [2.75, 3.05) is 6.54 Å². The Hall–Kier alpha value is -1.59. The average molecular weight is 295 g/mol. The van der Waals surface area contributed by atoms with Gasteiger partial charge >= 0.3 is 6.03 Å². The predicted octanol–water partition coefficient (Wildman–Crippen LogP) is 1.55. The second-order valence-corrected chi connectivity index (χ2v) is 5.99. The summed E-state index contributed by atoms with van der Waals surface area (Å²) in [5, 5.41) is 5.33. The number of nitrogens with one attached hydrogen (secondary N) is 2. The van der Waals surface area contributed by atoms with Crippen LogP contribution in [-0.2, 0) is 9.59 Å². The van der Waals surface area contributed by atoms with Crippen molar-refractivity contribution in [1.29, 1.82) is 0 Å². The number of hydrogen-bond donors (Lipinski definition) is 2. The van der Waals surface area contributed by atoms with E-state index in [1.165, 1.54) is 11.3 Å². The maximum Gasteiger partial charge on any atom is 0.325 e. The molecule has 2 fully saturated rings. The smallest absolute Gasteiger partial charge is 0.325 e. The van der Waals surface area contributed by atoms with Gasteiger partial charge < -0.3 is 10.2 Å². The fourth-order valence-electron chi connectivity index (χ4n) is 3.44. The van der Waals surface area contributed by atoms with Crippen LogP contribution in [0, 0.1) is 0 Å². The topological polar surface area (TPSA) is 78.5 Å². The highest BCUT2D eigenvalue weighted by molar-refractivity contribution is 6.08. The minimum absolute atomic E-state index is 0.0459. The van der Waals surface area contributed by atoms with Gasteiger partial charge in [0.05, 0.1) is 0 Å². The molecule has 0 aromatic carbocycles. The molecular formula is C15H25N3O3. The van der Waals surface area contributed by atoms with Gasteiger partial charge in [-0.05, 0) is 25.7 Å². The number of hydrogen-bond acceptors (Lipinski definition) is 3. The summed E-state index contributed by atoms with van der Waals surface area (Å²) in [5.41, 5.74) is -0.874. The van der Waals surface area contributed by atoms with Gasteiger partial charge in [-0.1, -0.05) is 33.1 Å². The number of carbonyl (C=O) groups excluding carboxylic acids is 3. The summed E-state index contributed by atoms with van der Waals surface area (Å²) in [5.74, 6) is -0.457. The summed E-state index contributed by atoms with van der Waals surface area (Å²) in [6, 6.07) is -0.243. The molecule has 21 heavy (non-hydrogen) atoms. The van der Waals surface area contributed by atoms with E-state index >= 15 is 0 Å². The van der Waals surface area contributed by atoms with Gasteiger partial charge in [-0.25, -0.2) is 4.79 Å². The van der Waals surface area contributed by atoms with E-state index in [-0.39, 0.29) is 24.4 Å². The monoisotopic (exact) mass is 295 g/mol. The Labute approximate surface area is 125 Å². The van der Waals surface area contributed by atoms with Gasteiger partial charge in [-0.3, -0.25) is 14.9 Å². The molecule has 0 spiro atoms. The molecule has 1 aliphatic carbocycles. The lowest BCUT2D eigenvalue weighted by atomic mass is 9.91. The van der Waals surface area contributed by atoms with Gasteiger partial charge in [0, 0.05) is 6.04 Å². The summed E-state index contributed by atoms with van der Waals surface area (Å²) in [6.07, 6.45) is 6.54. The third kappa shape index (κ3) is 3.04. The SMILES string of the molecule is CCC1(CC)C(=O)NC(=O)N1CC(=O)NC1CCCCC1. The van der Waals surface area contributed by atoms with Crippen LogP contribution in [0.3, 0.4) is 0 Å². The summed E-state index contributed by atoms with van der Waals surface area (Å²) in [6.45, 7) is 3.69. The standard InChI is InChI=1S/C15H25N3O3/c1-3-15(4-2)13(20)17-14(21)18(15)10-12(19)16-11-8-6-5-7-9-11/h11H,3-10H2,1-2H3,(H,16,19)(H,17,20,21). The zero-order valence-corrected chi connectivity index (χ0v) is 12.9. The molecule has 1 saturated heterocycles. The Morgan fingerprint density at radius 2 is 1.86 bits per heavy atom. The molecule has 6 heteroatoms. The quantitative estimate of drug-likeness (QED) is 0.755. The first-order chi connectivity index (χ1) is 10.0. The lowest BCUT2D eigenvalue weighted by Crippen LogP contribution is -2.53. The summed E-state index contributed by atoms with van der Waals surface area (Å²) >= 11 is 0. The van der Waals surface area contributed by atoms with Gasteiger partial charge in [0.15, 0.2) is 0 Å². The minimum Gasteiger partial charge on any atom is -0.352 e. The lowest BCUT2D eigenvalue weighted by molar-refractivity contribution is -0.129. The first kappa shape index (κ1) is 15.8. The van der Waals surface area contributed by atoms with Gasteiger partial charge in [-0.2, -0.15) is 0 Å². The second kappa shape index (κ2) is 6.45. The molecule has 0 aromatic rings. The van der Waals surface area contributed by atoms with Crippen LogP contribution < -0.4 is 10.6 Å². The summed E-state index contributed by atoms with van der Waals surface area (Å²) in [7, 11) is 0. The molecule has 1 heterocycles. The molecule has 1 aliphatic heterocycles. The van der Waals surface area contributed by atoms with E-state index < -0.39 is 11.6 Å². The zero-order valence-electron chi connectivity index (χ0n) is 12.9. The molecule has 0 bridgehead atoms. The van der Waals surface area contributed by atoms with Crippen LogP contribution in [0.25, 0.3) is 0 Å². The average Bonchev–Trinajstić information content (AvgIpc) is 2.71. The van der Waals surface area contributed by atoms with Crippen molar-refractivity contribution in [3.05, 3.63) is 0 Å². The Balaban J connectivity index is 2.00. The van der Waals surface area contributed by atoms with Gasteiger partial charge in [0.1, 0.15) is 12.1 Å². The van der Waals surface area contributed by atoms with E-state index in [2.05, 4.69) is 10.6 Å². The third-order valence-corrected chi connectivity index (χ3v) is 4.85. The zero-order chi connectivity index (χ0) is 15.5. The normalized spacial score (nSPS) is 22.3. The molecule has 6 nitrogen and oxygen atoms in total. The van der Waals surface area contributed by atoms with Crippen molar-refractivity contribution in [3.8, 4) is 0 Å². The lowest BCUT2D eigenvalue weighted by Gasteiger charge is -2.33. The van der Waals surface area contributed by atoms with Crippen LogP contribution in [0.5, 0.6) is 0 Å². The molecule has 0 aromatic heterocycles. The molecular weight excluding hydrogens is 270 g/mol. The highest BCUT2D eigenvalue weighted by Crippen LogP contribution is 2.29. The number of amides is 4. The van der Waals surface area contributed by atoms with Gasteiger partial charge in [0.25, 0.3) is 5.91 Å². The van der Waals surface area contributed by atoms with Crippen LogP contribution >= 0.6 is 0 Å². The molecule has 0 unspecified atom stereocenters. The maximum atomic E-state index is 12.2. The Morgan fingerprint density at radius 3 is 2.43 bits per heavy atom. The maximum absolute atomic E-state index is 12.2. The van der Waals surface area contributed by atoms with Crippen LogP contribution in [0.15, 0.2) is 0 Å². The Morgan fingerprint density at radius 1 is 1.24 bits per heavy atom. The van der Waals surface area contributed by atoms with E-state index in [9.17, 15) is 14.4 Å². The molecule has 118 valence electrons. The van der Waals surface area contributed by atoms with Crippen LogP contribution in [0.2, 0.25) is 0 Å². The Kier molecular flexibility index (Phi) is 4.85. The first-order valence-electron chi connectivity index (χ1n) is 7.96. The largest absolute Gasteiger partial charge is 0.352 e. The number of rotatable bonds is 5. The van der Waals surface area contributed by atoms with Crippen LogP contribution in [-0.4, -0.2) is 40.9 Å². The summed E-state index contributed by atoms with van der Waals surface area (Å²) < 4.78 is 0. The van der Waals surface area contributed by atoms with E-state index in [1.807, 2.05) is 13.8 Å². The number of imide groups is 1. The van der Waals surface area contributed by atoms with Gasteiger partial charge in [0.2, 0.25) is 5.91 Å².